The molecule has 0 spiro atoms. The molecule has 0 aliphatic rings. The molecule has 8 N–H and O–H groups in total. The quantitative estimate of drug-likeness (QED) is 0.152. The van der Waals surface area contributed by atoms with Crippen molar-refractivity contribution in [2.24, 2.45) is 17.6 Å². The summed E-state index contributed by atoms with van der Waals surface area (Å²) in [5, 5.41) is 28.1. The summed E-state index contributed by atoms with van der Waals surface area (Å²) in [4.78, 5) is 55.0. The fraction of sp³-hybridized carbons (Fsp3) is 0.419. The topological polar surface area (TPSA) is 187 Å². The highest BCUT2D eigenvalue weighted by Gasteiger charge is 2.32. The van der Waals surface area contributed by atoms with E-state index in [1.807, 2.05) is 38.1 Å². The van der Waals surface area contributed by atoms with Crippen LogP contribution in [0.3, 0.4) is 0 Å². The van der Waals surface area contributed by atoms with Gasteiger partial charge in [-0.25, -0.2) is 4.79 Å². The van der Waals surface area contributed by atoms with Gasteiger partial charge in [0.15, 0.2) is 0 Å². The SMILES string of the molecule is CC(C)CC(NC(=O)C(N)Cc1ccc(O)cc1)C(=O)NC(Cc1c[nH]c2ccccc12)C(=O)NC(C(=O)O)C(C)C. The van der Waals surface area contributed by atoms with Gasteiger partial charge in [-0.05, 0) is 54.0 Å². The third kappa shape index (κ3) is 8.81. The van der Waals surface area contributed by atoms with Crippen LogP contribution in [0.4, 0.5) is 0 Å². The molecule has 3 rings (SSSR count). The van der Waals surface area contributed by atoms with Crippen molar-refractivity contribution in [1.29, 1.82) is 0 Å². The summed E-state index contributed by atoms with van der Waals surface area (Å²) in [5.41, 5.74) is 8.51. The van der Waals surface area contributed by atoms with E-state index in [1.165, 1.54) is 12.1 Å². The standard InChI is InChI=1S/C31H41N5O6/c1-17(2)13-25(34-28(38)23(32)14-19-9-11-21(37)12-10-19)29(39)35-26(30(40)36-27(18(3)4)31(41)42)15-20-16-33-24-8-6-5-7-22(20)24/h5-12,16-18,23,25-27,33,37H,13-15,32H2,1-4H3,(H,34,38)(H,35,39)(H,36,40)(H,41,42). The lowest BCUT2D eigenvalue weighted by molar-refractivity contribution is -0.143. The van der Waals surface area contributed by atoms with Gasteiger partial charge in [-0.1, -0.05) is 58.0 Å². The molecule has 0 fully saturated rings. The summed E-state index contributed by atoms with van der Waals surface area (Å²) < 4.78 is 0. The number of aromatic amines is 1. The van der Waals surface area contributed by atoms with Gasteiger partial charge in [-0.2, -0.15) is 0 Å². The molecule has 3 amide bonds. The number of hydrogen-bond acceptors (Lipinski definition) is 6. The van der Waals surface area contributed by atoms with E-state index in [0.717, 1.165) is 22.0 Å². The molecule has 4 atom stereocenters. The van der Waals surface area contributed by atoms with Gasteiger partial charge in [0.1, 0.15) is 23.9 Å². The Morgan fingerprint density at radius 1 is 0.833 bits per heavy atom. The van der Waals surface area contributed by atoms with Crippen LogP contribution in [-0.2, 0) is 32.0 Å². The molecule has 2 aromatic carbocycles. The minimum atomic E-state index is -1.18. The number of fused-ring (bicyclic) bond motifs is 1. The first-order valence-corrected chi connectivity index (χ1v) is 14.1. The lowest BCUT2D eigenvalue weighted by atomic mass is 9.99. The number of phenolic OH excluding ortho intramolecular Hbond substituents is 1. The molecule has 0 radical (unpaired) electrons. The number of nitrogens with two attached hydrogens (primary N) is 1. The van der Waals surface area contributed by atoms with E-state index in [4.69, 9.17) is 5.73 Å². The van der Waals surface area contributed by atoms with Crippen LogP contribution in [0.2, 0.25) is 0 Å². The van der Waals surface area contributed by atoms with Gasteiger partial charge in [0.25, 0.3) is 0 Å². The number of hydrogen-bond donors (Lipinski definition) is 7. The zero-order chi connectivity index (χ0) is 31.0. The van der Waals surface area contributed by atoms with Gasteiger partial charge in [0.2, 0.25) is 17.7 Å². The number of H-pyrrole nitrogens is 1. The summed E-state index contributed by atoms with van der Waals surface area (Å²) in [6.45, 7) is 7.17. The molecule has 11 nitrogen and oxygen atoms in total. The Morgan fingerprint density at radius 2 is 1.45 bits per heavy atom. The number of aliphatic carboxylic acids is 1. The van der Waals surface area contributed by atoms with Crippen LogP contribution in [-0.4, -0.2) is 63.1 Å². The van der Waals surface area contributed by atoms with Crippen molar-refractivity contribution in [3.8, 4) is 5.75 Å². The zero-order valence-electron chi connectivity index (χ0n) is 24.4. The Kier molecular flexibility index (Phi) is 11.1. The number of carbonyl (C=O) groups is 4. The number of carbonyl (C=O) groups excluding carboxylic acids is 3. The average Bonchev–Trinajstić information content (AvgIpc) is 3.34. The predicted octanol–water partition coefficient (Wildman–Crippen LogP) is 2.23. The van der Waals surface area contributed by atoms with Crippen LogP contribution in [0.5, 0.6) is 5.75 Å². The molecule has 1 heterocycles. The van der Waals surface area contributed by atoms with Crippen molar-refractivity contribution in [2.75, 3.05) is 0 Å². The minimum Gasteiger partial charge on any atom is -0.508 e. The number of para-hydroxylation sites is 1. The van der Waals surface area contributed by atoms with Crippen molar-refractivity contribution >= 4 is 34.6 Å². The van der Waals surface area contributed by atoms with Crippen molar-refractivity contribution in [3.05, 3.63) is 65.9 Å². The molecule has 1 aromatic heterocycles. The Morgan fingerprint density at radius 3 is 2.07 bits per heavy atom. The summed E-state index contributed by atoms with van der Waals surface area (Å²) in [6, 6.07) is 9.65. The van der Waals surface area contributed by atoms with Crippen molar-refractivity contribution in [1.82, 2.24) is 20.9 Å². The number of benzene rings is 2. The van der Waals surface area contributed by atoms with Gasteiger partial charge < -0.3 is 36.9 Å². The Hall–Kier alpha value is -4.38. The van der Waals surface area contributed by atoms with Crippen LogP contribution >= 0.6 is 0 Å². The monoisotopic (exact) mass is 579 g/mol. The maximum absolute atomic E-state index is 13.6. The van der Waals surface area contributed by atoms with E-state index in [9.17, 15) is 29.4 Å². The molecule has 0 saturated carbocycles. The smallest absolute Gasteiger partial charge is 0.326 e. The average molecular weight is 580 g/mol. The summed E-state index contributed by atoms with van der Waals surface area (Å²) in [6.07, 6.45) is 2.33. The van der Waals surface area contributed by atoms with Gasteiger partial charge in [0.05, 0.1) is 6.04 Å². The van der Waals surface area contributed by atoms with E-state index < -0.39 is 47.9 Å². The minimum absolute atomic E-state index is 0.0209. The Bertz CT molecular complexity index is 1380. The van der Waals surface area contributed by atoms with Gasteiger partial charge in [0, 0.05) is 23.5 Å². The highest BCUT2D eigenvalue weighted by atomic mass is 16.4. The lowest BCUT2D eigenvalue weighted by Gasteiger charge is -2.26. The maximum atomic E-state index is 13.6. The van der Waals surface area contributed by atoms with Crippen molar-refractivity contribution in [2.45, 2.75) is 71.1 Å². The number of phenols is 1. The van der Waals surface area contributed by atoms with E-state index in [0.29, 0.717) is 0 Å². The molecule has 0 aliphatic heterocycles. The third-order valence-electron chi connectivity index (χ3n) is 7.03. The number of carboxylic acids is 1. The highest BCUT2D eigenvalue weighted by molar-refractivity contribution is 5.95. The molecule has 226 valence electrons. The molecular weight excluding hydrogens is 538 g/mol. The predicted molar refractivity (Wildman–Crippen MR) is 160 cm³/mol. The van der Waals surface area contributed by atoms with Crippen molar-refractivity contribution < 1.29 is 29.4 Å². The summed E-state index contributed by atoms with van der Waals surface area (Å²) in [7, 11) is 0. The summed E-state index contributed by atoms with van der Waals surface area (Å²) >= 11 is 0. The van der Waals surface area contributed by atoms with Crippen LogP contribution < -0.4 is 21.7 Å². The number of nitrogens with one attached hydrogen (secondary N) is 4. The number of carboxylic acid groups (broad SMARTS) is 1. The first kappa shape index (κ1) is 32.1. The molecule has 11 heteroatoms. The highest BCUT2D eigenvalue weighted by Crippen LogP contribution is 2.20. The second kappa shape index (κ2) is 14.5. The lowest BCUT2D eigenvalue weighted by Crippen LogP contribution is -2.58. The molecular formula is C31H41N5O6. The van der Waals surface area contributed by atoms with Crippen LogP contribution in [0.15, 0.2) is 54.7 Å². The summed E-state index contributed by atoms with van der Waals surface area (Å²) in [5.74, 6) is -3.21. The van der Waals surface area contributed by atoms with Gasteiger partial charge >= 0.3 is 5.97 Å². The van der Waals surface area contributed by atoms with Crippen LogP contribution in [0.1, 0.15) is 45.2 Å². The first-order chi connectivity index (χ1) is 19.8. The van der Waals surface area contributed by atoms with Crippen LogP contribution in [0, 0.1) is 11.8 Å². The van der Waals surface area contributed by atoms with E-state index in [-0.39, 0.29) is 36.8 Å². The second-order valence-electron chi connectivity index (χ2n) is 11.4. The number of amides is 3. The largest absolute Gasteiger partial charge is 0.508 e. The van der Waals surface area contributed by atoms with E-state index >= 15 is 0 Å². The molecule has 42 heavy (non-hydrogen) atoms. The first-order valence-electron chi connectivity index (χ1n) is 14.1. The normalized spacial score (nSPS) is 14.3. The Labute approximate surface area is 245 Å². The second-order valence-corrected chi connectivity index (χ2v) is 11.4. The maximum Gasteiger partial charge on any atom is 0.326 e. The molecule has 0 saturated heterocycles. The fourth-order valence-electron chi connectivity index (χ4n) is 4.73. The number of rotatable bonds is 14. The third-order valence-corrected chi connectivity index (χ3v) is 7.03. The fourth-order valence-corrected chi connectivity index (χ4v) is 4.73. The van der Waals surface area contributed by atoms with Gasteiger partial charge in [-0.15, -0.1) is 0 Å². The Balaban J connectivity index is 1.81. The molecule has 3 aromatic rings. The van der Waals surface area contributed by atoms with Crippen LogP contribution in [0.25, 0.3) is 10.9 Å². The molecule has 0 aliphatic carbocycles. The number of aromatic nitrogens is 1. The number of aromatic hydroxyl groups is 1. The van der Waals surface area contributed by atoms with E-state index in [1.54, 1.807) is 32.2 Å². The molecule has 0 bridgehead atoms. The van der Waals surface area contributed by atoms with Gasteiger partial charge in [-0.3, -0.25) is 14.4 Å². The molecule has 4 unspecified atom stereocenters. The van der Waals surface area contributed by atoms with Crippen molar-refractivity contribution in [3.63, 3.8) is 0 Å². The zero-order valence-corrected chi connectivity index (χ0v) is 24.4. The van der Waals surface area contributed by atoms with E-state index in [2.05, 4.69) is 20.9 Å².